The number of amides is 2. The molecule has 0 bridgehead atoms. The highest BCUT2D eigenvalue weighted by molar-refractivity contribution is 5.95. The van der Waals surface area contributed by atoms with Crippen LogP contribution in [0.2, 0.25) is 0 Å². The molecule has 0 saturated heterocycles. The molecule has 0 spiro atoms. The third-order valence-electron chi connectivity index (χ3n) is 7.86. The smallest absolute Gasteiger partial charge is 0.321 e. The van der Waals surface area contributed by atoms with Crippen LogP contribution < -0.4 is 24.8 Å². The number of halogens is 2. The minimum Gasteiger partial charge on any atom is -0.491 e. The maximum absolute atomic E-state index is 13.8. The predicted octanol–water partition coefficient (Wildman–Crippen LogP) is 5.23. The van der Waals surface area contributed by atoms with Gasteiger partial charge < -0.3 is 24.8 Å². The quantitative estimate of drug-likeness (QED) is 0.257. The molecule has 1 unspecified atom stereocenters. The van der Waals surface area contributed by atoms with Crippen LogP contribution >= 0.6 is 0 Å². The highest BCUT2D eigenvalue weighted by atomic mass is 19.3. The van der Waals surface area contributed by atoms with Crippen molar-refractivity contribution < 1.29 is 32.6 Å². The molecule has 1 saturated carbocycles. The Kier molecular flexibility index (Phi) is 8.36. The fourth-order valence-corrected chi connectivity index (χ4v) is 5.58. The minimum absolute atomic E-state index is 0.0476. The van der Waals surface area contributed by atoms with Crippen LogP contribution in [0.1, 0.15) is 48.5 Å². The molecule has 6 rings (SSSR count). The van der Waals surface area contributed by atoms with Gasteiger partial charge in [-0.2, -0.15) is 13.9 Å². The lowest BCUT2D eigenvalue weighted by molar-refractivity contribution is -0.144. The zero-order valence-electron chi connectivity index (χ0n) is 24.4. The van der Waals surface area contributed by atoms with Crippen LogP contribution in [-0.2, 0) is 11.2 Å². The lowest BCUT2D eigenvalue weighted by atomic mass is 10.0. The molecule has 1 aliphatic carbocycles. The van der Waals surface area contributed by atoms with Crippen LogP contribution in [0.25, 0.3) is 16.6 Å². The lowest BCUT2D eigenvalue weighted by Crippen LogP contribution is -2.47. The van der Waals surface area contributed by atoms with E-state index in [4.69, 9.17) is 14.2 Å². The number of carbonyl (C=O) groups excluding carboxylic acids is 2. The van der Waals surface area contributed by atoms with Crippen molar-refractivity contribution in [3.63, 3.8) is 0 Å². The summed E-state index contributed by atoms with van der Waals surface area (Å²) in [5.74, 6) is -3.32. The van der Waals surface area contributed by atoms with E-state index in [1.807, 2.05) is 30.3 Å². The SMILES string of the molecule is CC(F)(F)C(=O)NC(COc1ccc2c(cnn2-c2cccc(C(=O)NC3CCCC3)c2)c1)Cc1ccc2c(c1)OCCO2. The monoisotopic (exact) mass is 604 g/mol. The summed E-state index contributed by atoms with van der Waals surface area (Å²) in [5.41, 5.74) is 2.90. The Labute approximate surface area is 253 Å². The van der Waals surface area contributed by atoms with Crippen LogP contribution in [0.15, 0.2) is 66.9 Å². The molecule has 3 aromatic carbocycles. The predicted molar refractivity (Wildman–Crippen MR) is 160 cm³/mol. The number of nitrogens with zero attached hydrogens (tertiary/aromatic N) is 2. The van der Waals surface area contributed by atoms with Gasteiger partial charge in [-0.15, -0.1) is 0 Å². The zero-order valence-corrected chi connectivity index (χ0v) is 24.4. The molecule has 1 aromatic heterocycles. The van der Waals surface area contributed by atoms with Crippen molar-refractivity contribution >= 4 is 22.7 Å². The third-order valence-corrected chi connectivity index (χ3v) is 7.86. The van der Waals surface area contributed by atoms with Crippen LogP contribution in [-0.4, -0.2) is 59.4 Å². The van der Waals surface area contributed by atoms with Gasteiger partial charge in [-0.05, 0) is 73.4 Å². The molecule has 1 atom stereocenters. The van der Waals surface area contributed by atoms with E-state index in [9.17, 15) is 18.4 Å². The summed E-state index contributed by atoms with van der Waals surface area (Å²) in [6, 6.07) is 17.6. The van der Waals surface area contributed by atoms with Crippen LogP contribution in [0.3, 0.4) is 0 Å². The zero-order chi connectivity index (χ0) is 30.7. The van der Waals surface area contributed by atoms with Gasteiger partial charge in [0.2, 0.25) is 0 Å². The van der Waals surface area contributed by atoms with E-state index in [0.717, 1.165) is 47.8 Å². The topological polar surface area (TPSA) is 104 Å². The molecule has 2 heterocycles. The Morgan fingerprint density at radius 3 is 2.64 bits per heavy atom. The van der Waals surface area contributed by atoms with Gasteiger partial charge in [0.15, 0.2) is 11.5 Å². The van der Waals surface area contributed by atoms with E-state index >= 15 is 0 Å². The molecular weight excluding hydrogens is 570 g/mol. The van der Waals surface area contributed by atoms with Gasteiger partial charge in [0.25, 0.3) is 11.8 Å². The minimum atomic E-state index is -3.53. The molecule has 1 aliphatic heterocycles. The lowest BCUT2D eigenvalue weighted by Gasteiger charge is -2.23. The van der Waals surface area contributed by atoms with Crippen molar-refractivity contribution in [1.82, 2.24) is 20.4 Å². The second kappa shape index (κ2) is 12.5. The van der Waals surface area contributed by atoms with Gasteiger partial charge in [-0.3, -0.25) is 9.59 Å². The number of nitrogens with one attached hydrogen (secondary N) is 2. The van der Waals surface area contributed by atoms with E-state index in [2.05, 4.69) is 15.7 Å². The summed E-state index contributed by atoms with van der Waals surface area (Å²) in [4.78, 5) is 25.0. The first-order valence-electron chi connectivity index (χ1n) is 14.8. The highest BCUT2D eigenvalue weighted by Gasteiger charge is 2.34. The molecule has 2 N–H and O–H groups in total. The highest BCUT2D eigenvalue weighted by Crippen LogP contribution is 2.31. The summed E-state index contributed by atoms with van der Waals surface area (Å²) >= 11 is 0. The van der Waals surface area contributed by atoms with Crippen molar-refractivity contribution in [2.45, 2.75) is 57.0 Å². The summed E-state index contributed by atoms with van der Waals surface area (Å²) < 4.78 is 46.5. The molecule has 9 nitrogen and oxygen atoms in total. The Bertz CT molecular complexity index is 1660. The van der Waals surface area contributed by atoms with Gasteiger partial charge >= 0.3 is 5.92 Å². The number of ether oxygens (including phenoxy) is 3. The van der Waals surface area contributed by atoms with Crippen LogP contribution in [0, 0.1) is 0 Å². The summed E-state index contributed by atoms with van der Waals surface area (Å²) in [6.45, 7) is 1.39. The number of hydrogen-bond acceptors (Lipinski definition) is 6. The number of hydrogen-bond donors (Lipinski definition) is 2. The molecule has 2 amide bonds. The maximum Gasteiger partial charge on any atom is 0.321 e. The number of aromatic nitrogens is 2. The van der Waals surface area contributed by atoms with Crippen molar-refractivity contribution in [3.05, 3.63) is 78.0 Å². The molecule has 4 aromatic rings. The molecule has 11 heteroatoms. The molecule has 44 heavy (non-hydrogen) atoms. The number of benzene rings is 3. The number of carbonyl (C=O) groups is 2. The molecule has 2 aliphatic rings. The standard InChI is InChI=1S/C33H34F2N4O5/c1-33(34,35)32(41)38-25(15-21-9-12-29-30(16-21)43-14-13-42-29)20-44-27-10-11-28-23(18-27)19-36-39(28)26-8-4-5-22(17-26)31(40)37-24-6-2-3-7-24/h4-5,8-12,16-19,24-25H,2-3,6-7,13-15,20H2,1H3,(H,37,40)(H,38,41). The molecule has 0 radical (unpaired) electrons. The molecule has 230 valence electrons. The Balaban J connectivity index is 1.16. The average molecular weight is 605 g/mol. The average Bonchev–Trinajstić information content (AvgIpc) is 3.69. The fourth-order valence-electron chi connectivity index (χ4n) is 5.58. The fraction of sp³-hybridized carbons (Fsp3) is 0.364. The third kappa shape index (κ3) is 6.77. The molecule has 1 fully saturated rings. The van der Waals surface area contributed by atoms with E-state index in [0.29, 0.717) is 42.9 Å². The first-order chi connectivity index (χ1) is 21.2. The van der Waals surface area contributed by atoms with Gasteiger partial charge in [0, 0.05) is 23.9 Å². The van der Waals surface area contributed by atoms with Gasteiger partial charge in [0.05, 0.1) is 23.4 Å². The second-order valence-electron chi connectivity index (χ2n) is 11.3. The van der Waals surface area contributed by atoms with E-state index in [1.54, 1.807) is 41.2 Å². The van der Waals surface area contributed by atoms with E-state index in [1.165, 1.54) is 0 Å². The number of fused-ring (bicyclic) bond motifs is 2. The van der Waals surface area contributed by atoms with Crippen LogP contribution in [0.5, 0.6) is 17.2 Å². The van der Waals surface area contributed by atoms with Crippen molar-refractivity contribution in [2.75, 3.05) is 19.8 Å². The van der Waals surface area contributed by atoms with Gasteiger partial charge in [-0.25, -0.2) is 4.68 Å². The Morgan fingerprint density at radius 2 is 1.84 bits per heavy atom. The van der Waals surface area contributed by atoms with Crippen LogP contribution in [0.4, 0.5) is 8.78 Å². The maximum atomic E-state index is 13.8. The van der Waals surface area contributed by atoms with Crippen molar-refractivity contribution in [3.8, 4) is 22.9 Å². The molecular formula is C33H34F2N4O5. The van der Waals surface area contributed by atoms with Gasteiger partial charge in [0.1, 0.15) is 25.6 Å². The van der Waals surface area contributed by atoms with Crippen molar-refractivity contribution in [2.24, 2.45) is 0 Å². The first-order valence-corrected chi connectivity index (χ1v) is 14.8. The first kappa shape index (κ1) is 29.4. The summed E-state index contributed by atoms with van der Waals surface area (Å²) in [6.07, 6.45) is 6.23. The Morgan fingerprint density at radius 1 is 1.05 bits per heavy atom. The van der Waals surface area contributed by atoms with Gasteiger partial charge in [-0.1, -0.05) is 25.0 Å². The summed E-state index contributed by atoms with van der Waals surface area (Å²) in [7, 11) is 0. The number of alkyl halides is 2. The summed E-state index contributed by atoms with van der Waals surface area (Å²) in [5, 5.41) is 10.9. The van der Waals surface area contributed by atoms with Crippen molar-refractivity contribution in [1.29, 1.82) is 0 Å². The van der Waals surface area contributed by atoms with E-state index in [-0.39, 0.29) is 25.0 Å². The normalized spacial score (nSPS) is 15.6. The second-order valence-corrected chi connectivity index (χ2v) is 11.3. The van der Waals surface area contributed by atoms with E-state index < -0.39 is 17.9 Å². The number of rotatable bonds is 10. The Hall–Kier alpha value is -4.67. The largest absolute Gasteiger partial charge is 0.491 e.